The SMILES string of the molecule is CCc1cc(Br)ccc1NC(=O)COC(=O)c1cccc(N2C(=O)[C@@H]3[C@H](C2=O)[C@H]2C=C(C)[C@H]3C2)c1. The molecule has 35 heavy (non-hydrogen) atoms. The molecule has 3 aliphatic rings. The molecule has 2 aromatic rings. The Hall–Kier alpha value is -3.26. The summed E-state index contributed by atoms with van der Waals surface area (Å²) in [6.07, 6.45) is 3.71. The highest BCUT2D eigenvalue weighted by Crippen LogP contribution is 2.55. The van der Waals surface area contributed by atoms with E-state index in [1.807, 2.05) is 26.0 Å². The maximum atomic E-state index is 13.2. The molecule has 0 unspecified atom stereocenters. The summed E-state index contributed by atoms with van der Waals surface area (Å²) in [7, 11) is 0. The van der Waals surface area contributed by atoms with Crippen molar-refractivity contribution in [2.24, 2.45) is 23.7 Å². The molecule has 2 fully saturated rings. The molecule has 1 saturated heterocycles. The third-order valence-corrected chi connectivity index (χ3v) is 7.77. The van der Waals surface area contributed by atoms with E-state index in [4.69, 9.17) is 4.74 Å². The van der Waals surface area contributed by atoms with Crippen LogP contribution in [0.4, 0.5) is 11.4 Å². The van der Waals surface area contributed by atoms with Crippen molar-refractivity contribution in [2.45, 2.75) is 26.7 Å². The minimum atomic E-state index is -0.703. The lowest BCUT2D eigenvalue weighted by atomic mass is 9.82. The van der Waals surface area contributed by atoms with Gasteiger partial charge in [0.2, 0.25) is 11.8 Å². The number of hydrogen-bond acceptors (Lipinski definition) is 5. The molecule has 8 heteroatoms. The first-order valence-electron chi connectivity index (χ1n) is 11.7. The number of carbonyl (C=O) groups excluding carboxylic acids is 4. The molecule has 4 atom stereocenters. The number of anilines is 2. The van der Waals surface area contributed by atoms with Crippen molar-refractivity contribution in [2.75, 3.05) is 16.8 Å². The van der Waals surface area contributed by atoms with E-state index in [2.05, 4.69) is 27.3 Å². The third-order valence-electron chi connectivity index (χ3n) is 7.28. The van der Waals surface area contributed by atoms with Crippen molar-refractivity contribution >= 4 is 51.0 Å². The Bertz CT molecular complexity index is 1290. The number of allylic oxidation sites excluding steroid dienone is 2. The standard InChI is InChI=1S/C27H25BrN2O5/c1-3-15-10-18(28)7-8-21(15)29-22(31)13-35-27(34)16-5-4-6-19(11-16)30-25(32)23-17-9-14(2)20(12-17)24(23)26(30)33/h4-11,17,20,23-24H,3,12-13H2,1-2H3,(H,29,31)/t17-,20+,23+,24-/m0/s1. The molecule has 1 aliphatic heterocycles. The molecule has 180 valence electrons. The van der Waals surface area contributed by atoms with Crippen molar-refractivity contribution in [1.29, 1.82) is 0 Å². The number of ether oxygens (including phenoxy) is 1. The Labute approximate surface area is 211 Å². The molecule has 0 spiro atoms. The summed E-state index contributed by atoms with van der Waals surface area (Å²) in [5.74, 6) is -1.97. The molecule has 2 aliphatic carbocycles. The second-order valence-corrected chi connectivity index (χ2v) is 10.2. The van der Waals surface area contributed by atoms with Gasteiger partial charge in [-0.1, -0.05) is 40.6 Å². The number of hydrogen-bond donors (Lipinski definition) is 1. The van der Waals surface area contributed by atoms with Crippen LogP contribution < -0.4 is 10.2 Å². The number of imide groups is 1. The molecular weight excluding hydrogens is 512 g/mol. The van der Waals surface area contributed by atoms with E-state index in [0.29, 0.717) is 11.4 Å². The number of benzene rings is 2. The smallest absolute Gasteiger partial charge is 0.338 e. The number of nitrogens with zero attached hydrogens (tertiary/aromatic N) is 1. The first-order chi connectivity index (χ1) is 16.8. The van der Waals surface area contributed by atoms with Crippen LogP contribution in [0.5, 0.6) is 0 Å². The molecule has 5 rings (SSSR count). The predicted octanol–water partition coefficient (Wildman–Crippen LogP) is 4.51. The molecule has 0 radical (unpaired) electrons. The molecule has 3 amide bonds. The van der Waals surface area contributed by atoms with Crippen LogP contribution in [0.15, 0.2) is 58.6 Å². The minimum absolute atomic E-state index is 0.108. The lowest BCUT2D eigenvalue weighted by Gasteiger charge is -2.19. The topological polar surface area (TPSA) is 92.8 Å². The predicted molar refractivity (Wildman–Crippen MR) is 134 cm³/mol. The van der Waals surface area contributed by atoms with Gasteiger partial charge in [0.05, 0.1) is 23.1 Å². The zero-order valence-electron chi connectivity index (χ0n) is 19.4. The molecule has 1 N–H and O–H groups in total. The van der Waals surface area contributed by atoms with Crippen molar-refractivity contribution in [1.82, 2.24) is 0 Å². The zero-order chi connectivity index (χ0) is 24.9. The van der Waals surface area contributed by atoms with Gasteiger partial charge in [-0.05, 0) is 73.6 Å². The Morgan fingerprint density at radius 3 is 2.66 bits per heavy atom. The third kappa shape index (κ3) is 4.10. The van der Waals surface area contributed by atoms with Crippen LogP contribution in [0.1, 0.15) is 36.2 Å². The van der Waals surface area contributed by atoms with Crippen molar-refractivity contribution < 1.29 is 23.9 Å². The lowest BCUT2D eigenvalue weighted by Crippen LogP contribution is -2.33. The summed E-state index contributed by atoms with van der Waals surface area (Å²) in [5.41, 5.74) is 3.32. The highest BCUT2D eigenvalue weighted by molar-refractivity contribution is 9.10. The molecular formula is C27H25BrN2O5. The van der Waals surface area contributed by atoms with Gasteiger partial charge in [-0.15, -0.1) is 0 Å². The second-order valence-electron chi connectivity index (χ2n) is 9.31. The second kappa shape index (κ2) is 9.07. The van der Waals surface area contributed by atoms with E-state index in [1.54, 1.807) is 18.2 Å². The summed E-state index contributed by atoms with van der Waals surface area (Å²) in [4.78, 5) is 52.5. The molecule has 0 aromatic heterocycles. The average molecular weight is 537 g/mol. The van der Waals surface area contributed by atoms with Gasteiger partial charge >= 0.3 is 5.97 Å². The average Bonchev–Trinajstić information content (AvgIpc) is 3.48. The Kier molecular flexibility index (Phi) is 6.09. The highest BCUT2D eigenvalue weighted by atomic mass is 79.9. The number of carbonyl (C=O) groups is 4. The molecule has 7 nitrogen and oxygen atoms in total. The monoisotopic (exact) mass is 536 g/mol. The van der Waals surface area contributed by atoms with Crippen LogP contribution in [0.2, 0.25) is 0 Å². The first-order valence-corrected chi connectivity index (χ1v) is 12.5. The van der Waals surface area contributed by atoms with Crippen molar-refractivity contribution in [3.05, 3.63) is 69.7 Å². The van der Waals surface area contributed by atoms with Crippen LogP contribution >= 0.6 is 15.9 Å². The summed E-state index contributed by atoms with van der Waals surface area (Å²) < 4.78 is 6.12. The lowest BCUT2D eigenvalue weighted by molar-refractivity contribution is -0.123. The fraction of sp³-hybridized carbons (Fsp3) is 0.333. The number of nitrogens with one attached hydrogen (secondary N) is 1. The van der Waals surface area contributed by atoms with E-state index < -0.39 is 18.5 Å². The Balaban J connectivity index is 1.25. The van der Waals surface area contributed by atoms with Crippen LogP contribution in [-0.4, -0.2) is 30.3 Å². The van der Waals surface area contributed by atoms with E-state index in [0.717, 1.165) is 22.9 Å². The Morgan fingerprint density at radius 1 is 1.11 bits per heavy atom. The van der Waals surface area contributed by atoms with Crippen molar-refractivity contribution in [3.63, 3.8) is 0 Å². The highest BCUT2D eigenvalue weighted by Gasteiger charge is 2.60. The molecule has 1 heterocycles. The van der Waals surface area contributed by atoms with Gasteiger partial charge in [0.1, 0.15) is 0 Å². The molecule has 2 aromatic carbocycles. The van der Waals surface area contributed by atoms with Crippen LogP contribution in [0, 0.1) is 23.7 Å². The van der Waals surface area contributed by atoms with Gasteiger partial charge in [-0.3, -0.25) is 14.4 Å². The van der Waals surface area contributed by atoms with E-state index in [-0.39, 0.29) is 41.0 Å². The maximum absolute atomic E-state index is 13.2. The van der Waals surface area contributed by atoms with E-state index >= 15 is 0 Å². The number of fused-ring (bicyclic) bond motifs is 5. The summed E-state index contributed by atoms with van der Waals surface area (Å²) in [6.45, 7) is 3.55. The van der Waals surface area contributed by atoms with Crippen LogP contribution in [0.25, 0.3) is 0 Å². The van der Waals surface area contributed by atoms with Gasteiger partial charge in [0.15, 0.2) is 6.61 Å². The number of aryl methyl sites for hydroxylation is 1. The maximum Gasteiger partial charge on any atom is 0.338 e. The van der Waals surface area contributed by atoms with Gasteiger partial charge < -0.3 is 10.1 Å². The fourth-order valence-electron chi connectivity index (χ4n) is 5.68. The van der Waals surface area contributed by atoms with Gasteiger partial charge in [0.25, 0.3) is 5.91 Å². The Morgan fingerprint density at radius 2 is 1.89 bits per heavy atom. The van der Waals surface area contributed by atoms with Crippen LogP contribution in [0.3, 0.4) is 0 Å². The number of halogens is 1. The van der Waals surface area contributed by atoms with Crippen LogP contribution in [-0.2, 0) is 25.5 Å². The molecule has 1 saturated carbocycles. The summed E-state index contributed by atoms with van der Waals surface area (Å²) in [6, 6.07) is 11.8. The first kappa shape index (κ1) is 23.5. The summed E-state index contributed by atoms with van der Waals surface area (Å²) >= 11 is 3.41. The number of esters is 1. The van der Waals surface area contributed by atoms with Gasteiger partial charge in [0, 0.05) is 10.2 Å². The minimum Gasteiger partial charge on any atom is -0.452 e. The summed E-state index contributed by atoms with van der Waals surface area (Å²) in [5, 5.41) is 2.76. The largest absolute Gasteiger partial charge is 0.452 e. The van der Waals surface area contributed by atoms with Gasteiger partial charge in [-0.25, -0.2) is 9.69 Å². The quantitative estimate of drug-likeness (QED) is 0.333. The zero-order valence-corrected chi connectivity index (χ0v) is 21.0. The van der Waals surface area contributed by atoms with E-state index in [1.165, 1.54) is 22.6 Å². The van der Waals surface area contributed by atoms with Gasteiger partial charge in [-0.2, -0.15) is 0 Å². The number of rotatable bonds is 6. The van der Waals surface area contributed by atoms with E-state index in [9.17, 15) is 19.2 Å². The van der Waals surface area contributed by atoms with Crippen molar-refractivity contribution in [3.8, 4) is 0 Å². The normalized spacial score (nSPS) is 24.4. The molecule has 2 bridgehead atoms. The number of amides is 3. The fourth-order valence-corrected chi connectivity index (χ4v) is 6.09.